The molecule has 0 unspecified atom stereocenters. The zero-order valence-electron chi connectivity index (χ0n) is 53.3. The van der Waals surface area contributed by atoms with Gasteiger partial charge in [0.05, 0.1) is 55.4 Å². The molecule has 18 aromatic rings. The average molecular weight is 1220 g/mol. The van der Waals surface area contributed by atoms with Crippen LogP contribution in [0.1, 0.15) is 33.5 Å². The molecule has 448 valence electrons. The zero-order valence-corrected chi connectivity index (χ0v) is 53.3. The minimum atomic E-state index is 0.527. The van der Waals surface area contributed by atoms with Crippen LogP contribution in [0, 0.1) is 45.9 Å². The van der Waals surface area contributed by atoms with Gasteiger partial charge in [-0.05, 0) is 201 Å². The van der Waals surface area contributed by atoms with Crippen LogP contribution in [0.15, 0.2) is 285 Å². The normalized spacial score (nSPS) is 11.8. The van der Waals surface area contributed by atoms with E-state index in [0.717, 1.165) is 123 Å². The van der Waals surface area contributed by atoms with E-state index in [0.29, 0.717) is 11.3 Å². The van der Waals surface area contributed by atoms with Gasteiger partial charge in [-0.15, -0.1) is 0 Å². The van der Waals surface area contributed by atoms with Gasteiger partial charge >= 0.3 is 0 Å². The first kappa shape index (κ1) is 55.5. The van der Waals surface area contributed by atoms with E-state index < -0.39 is 0 Å². The van der Waals surface area contributed by atoms with E-state index in [4.69, 9.17) is 4.98 Å². The second-order valence-electron chi connectivity index (χ2n) is 25.7. The van der Waals surface area contributed by atoms with Crippen molar-refractivity contribution in [3.8, 4) is 84.6 Å². The number of nitriles is 1. The lowest BCUT2D eigenvalue weighted by Crippen LogP contribution is -2.05. The van der Waals surface area contributed by atoms with Gasteiger partial charge in [-0.25, -0.2) is 0 Å². The summed E-state index contributed by atoms with van der Waals surface area (Å²) in [6.07, 6.45) is 0. The molecule has 0 aliphatic rings. The lowest BCUT2D eigenvalue weighted by molar-refractivity contribution is 1.18. The number of aromatic nitrogens is 5. The first-order chi connectivity index (χ1) is 46.6. The standard InChI is InChI=1S/C89H62N6/c1-54-34-42-81-71(46-54)67-25-6-10-30-77(67)92(81)63-40-38-59(39-41-63)86-87(61-20-16-23-65(51-61)94-79-32-12-8-27-69(79)73-48-56(3)36-44-83(73)94)85(60-19-15-22-64(50-60)93-78-31-11-7-26-68(78)72-47-55(2)35-43-82(72)93)75(53-90)89(76-29-14-18-58(5)91-76)88(86)62-21-17-24-66(52-62)95-80-33-13-9-28-70(80)74-49-57(4)37-45-84(74)95/h6-52H,1-5H3. The Morgan fingerprint density at radius 3 is 0.958 bits per heavy atom. The van der Waals surface area contributed by atoms with Crippen LogP contribution in [0.2, 0.25) is 0 Å². The summed E-state index contributed by atoms with van der Waals surface area (Å²) in [5.74, 6) is 0. The van der Waals surface area contributed by atoms with E-state index in [1.807, 2.05) is 13.0 Å². The Labute approximate surface area is 550 Å². The topological polar surface area (TPSA) is 56.4 Å². The summed E-state index contributed by atoms with van der Waals surface area (Å²) in [7, 11) is 0. The maximum atomic E-state index is 12.7. The van der Waals surface area contributed by atoms with Crippen molar-refractivity contribution in [2.45, 2.75) is 34.6 Å². The van der Waals surface area contributed by atoms with E-state index in [2.05, 4.69) is 331 Å². The van der Waals surface area contributed by atoms with Gasteiger partial charge in [0.1, 0.15) is 6.07 Å². The first-order valence-corrected chi connectivity index (χ1v) is 32.6. The van der Waals surface area contributed by atoms with Gasteiger partial charge in [0.15, 0.2) is 0 Å². The second kappa shape index (κ2) is 21.7. The molecule has 0 N–H and O–H groups in total. The predicted octanol–water partition coefficient (Wildman–Crippen LogP) is 23.2. The van der Waals surface area contributed by atoms with Gasteiger partial charge in [0.25, 0.3) is 0 Å². The highest BCUT2D eigenvalue weighted by Gasteiger charge is 2.31. The van der Waals surface area contributed by atoms with Gasteiger partial charge < -0.3 is 18.3 Å². The quantitative estimate of drug-likeness (QED) is 0.145. The number of hydrogen-bond acceptors (Lipinski definition) is 2. The van der Waals surface area contributed by atoms with Crippen LogP contribution in [0.3, 0.4) is 0 Å². The molecule has 5 aromatic heterocycles. The fourth-order valence-electron chi connectivity index (χ4n) is 15.6. The number of benzene rings is 13. The Kier molecular flexibility index (Phi) is 12.7. The molecule has 0 aliphatic heterocycles. The molecular weight excluding hydrogens is 1150 g/mol. The third-order valence-corrected chi connectivity index (χ3v) is 19.7. The maximum absolute atomic E-state index is 12.7. The van der Waals surface area contributed by atoms with Crippen molar-refractivity contribution in [3.63, 3.8) is 0 Å². The molecule has 0 radical (unpaired) electrons. The number of pyridine rings is 1. The van der Waals surface area contributed by atoms with Crippen molar-refractivity contribution in [3.05, 3.63) is 319 Å². The van der Waals surface area contributed by atoms with E-state index in [1.165, 1.54) is 65.3 Å². The minimum Gasteiger partial charge on any atom is -0.309 e. The Hall–Kier alpha value is -12.3. The second-order valence-corrected chi connectivity index (χ2v) is 25.7. The third-order valence-electron chi connectivity index (χ3n) is 19.7. The van der Waals surface area contributed by atoms with Gasteiger partial charge in [-0.2, -0.15) is 5.26 Å². The number of hydrogen-bond donors (Lipinski definition) is 0. The molecule has 6 heteroatoms. The molecule has 6 nitrogen and oxygen atoms in total. The number of fused-ring (bicyclic) bond motifs is 12. The molecule has 0 aliphatic carbocycles. The molecule has 13 aromatic carbocycles. The monoisotopic (exact) mass is 1210 g/mol. The van der Waals surface area contributed by atoms with E-state index in [-0.39, 0.29) is 0 Å². The highest BCUT2D eigenvalue weighted by Crippen LogP contribution is 2.54. The highest BCUT2D eigenvalue weighted by atomic mass is 15.0. The van der Waals surface area contributed by atoms with Crippen LogP contribution >= 0.6 is 0 Å². The maximum Gasteiger partial charge on any atom is 0.101 e. The molecule has 95 heavy (non-hydrogen) atoms. The first-order valence-electron chi connectivity index (χ1n) is 32.6. The smallest absolute Gasteiger partial charge is 0.101 e. The zero-order chi connectivity index (χ0) is 63.7. The summed E-state index contributed by atoms with van der Waals surface area (Å²) in [5, 5.41) is 22.3. The van der Waals surface area contributed by atoms with E-state index in [9.17, 15) is 5.26 Å². The highest BCUT2D eigenvalue weighted by molar-refractivity contribution is 6.15. The van der Waals surface area contributed by atoms with E-state index >= 15 is 0 Å². The van der Waals surface area contributed by atoms with Gasteiger partial charge in [0, 0.05) is 88.2 Å². The number of para-hydroxylation sites is 4. The molecule has 0 spiro atoms. The van der Waals surface area contributed by atoms with Crippen molar-refractivity contribution in [1.82, 2.24) is 23.3 Å². The Bertz CT molecular complexity index is 6290. The third kappa shape index (κ3) is 8.74. The molecule has 0 bridgehead atoms. The van der Waals surface area contributed by atoms with Gasteiger partial charge in [0.2, 0.25) is 0 Å². The summed E-state index contributed by atoms with van der Waals surface area (Å²) in [6, 6.07) is 107. The van der Waals surface area contributed by atoms with E-state index in [1.54, 1.807) is 0 Å². The van der Waals surface area contributed by atoms with Crippen LogP contribution in [-0.2, 0) is 0 Å². The lowest BCUT2D eigenvalue weighted by Gasteiger charge is -2.27. The summed E-state index contributed by atoms with van der Waals surface area (Å²) in [5.41, 5.74) is 28.1. The fourth-order valence-corrected chi connectivity index (χ4v) is 15.6. The fraction of sp³-hybridized carbons (Fsp3) is 0.0562. The molecular formula is C89H62N6. The van der Waals surface area contributed by atoms with Gasteiger partial charge in [-0.3, -0.25) is 4.98 Å². The van der Waals surface area contributed by atoms with Crippen molar-refractivity contribution in [1.29, 1.82) is 5.26 Å². The Morgan fingerprint density at radius 2 is 0.579 bits per heavy atom. The summed E-state index contributed by atoms with van der Waals surface area (Å²) in [4.78, 5) is 5.46. The molecule has 0 saturated carbocycles. The van der Waals surface area contributed by atoms with Crippen LogP contribution in [-0.4, -0.2) is 23.3 Å². The number of nitrogens with zero attached hydrogens (tertiary/aromatic N) is 6. The number of rotatable bonds is 9. The largest absolute Gasteiger partial charge is 0.309 e. The van der Waals surface area contributed by atoms with Crippen LogP contribution in [0.4, 0.5) is 0 Å². The minimum absolute atomic E-state index is 0.527. The SMILES string of the molecule is Cc1ccc2c(c1)c1ccccc1n2-c1ccc(-c2c(-c3cccc(-n4c5ccccc5c5cc(C)ccc54)c3)c(-c3cccc(-n4c5ccccc5c5cc(C)ccc54)c3)c(C#N)c(-c3cccc(C)n3)c2-c2cccc(-n3c4ccccc4c4cc(C)ccc43)c2)cc1. The van der Waals surface area contributed by atoms with Gasteiger partial charge in [-0.1, -0.05) is 174 Å². The molecule has 0 saturated heterocycles. The van der Waals surface area contributed by atoms with Crippen LogP contribution < -0.4 is 0 Å². The van der Waals surface area contributed by atoms with Crippen molar-refractivity contribution >= 4 is 87.2 Å². The average Bonchev–Trinajstić information content (AvgIpc) is 1.52. The summed E-state index contributed by atoms with van der Waals surface area (Å²) in [6.45, 7) is 10.7. The molecule has 0 amide bonds. The Balaban J connectivity index is 1.00. The van der Waals surface area contributed by atoms with Crippen LogP contribution in [0.5, 0.6) is 0 Å². The molecule has 18 rings (SSSR count). The molecule has 5 heterocycles. The number of aryl methyl sites for hydroxylation is 5. The van der Waals surface area contributed by atoms with Crippen molar-refractivity contribution in [2.75, 3.05) is 0 Å². The molecule has 0 atom stereocenters. The van der Waals surface area contributed by atoms with Crippen molar-refractivity contribution in [2.24, 2.45) is 0 Å². The Morgan fingerprint density at radius 1 is 0.253 bits per heavy atom. The predicted molar refractivity (Wildman–Crippen MR) is 397 cm³/mol. The van der Waals surface area contributed by atoms with Crippen molar-refractivity contribution < 1.29 is 0 Å². The lowest BCUT2D eigenvalue weighted by atomic mass is 9.76. The molecule has 0 fully saturated rings. The van der Waals surface area contributed by atoms with Crippen LogP contribution in [0.25, 0.3) is 166 Å². The summed E-state index contributed by atoms with van der Waals surface area (Å²) >= 11 is 0. The summed E-state index contributed by atoms with van der Waals surface area (Å²) < 4.78 is 9.60.